The third kappa shape index (κ3) is 3.49. The van der Waals surface area contributed by atoms with Crippen molar-refractivity contribution in [3.05, 3.63) is 47.3 Å². The van der Waals surface area contributed by atoms with E-state index >= 15 is 0 Å². The topological polar surface area (TPSA) is 18.5 Å². The molecule has 0 saturated carbocycles. The van der Waals surface area contributed by atoms with Crippen LogP contribution in [0.25, 0.3) is 0 Å². The first kappa shape index (κ1) is 12.0. The molecule has 1 heterocycles. The summed E-state index contributed by atoms with van der Waals surface area (Å²) in [4.78, 5) is 4.49. The van der Waals surface area contributed by atoms with Crippen molar-refractivity contribution in [1.29, 1.82) is 0 Å². The summed E-state index contributed by atoms with van der Waals surface area (Å²) in [5.74, 6) is 0. The molecular weight excluding hydrogens is 210 g/mol. The second kappa shape index (κ2) is 5.23. The predicted molar refractivity (Wildman–Crippen MR) is 71.4 cm³/mol. The average molecular weight is 231 g/mol. The van der Waals surface area contributed by atoms with Gasteiger partial charge in [-0.2, -0.15) is 0 Å². The van der Waals surface area contributed by atoms with E-state index < -0.39 is 0 Å². The smallest absolute Gasteiger partial charge is 0.0682 e. The zero-order valence-electron chi connectivity index (χ0n) is 10.9. The summed E-state index contributed by atoms with van der Waals surface area (Å²) in [6.45, 7) is 5.10. The molecule has 1 aromatic carbocycles. The number of hydrogen-bond acceptors (Lipinski definition) is 3. The molecule has 0 atom stereocenters. The van der Waals surface area contributed by atoms with Gasteiger partial charge in [0, 0.05) is 39.1 Å². The van der Waals surface area contributed by atoms with Crippen molar-refractivity contribution in [2.75, 3.05) is 27.3 Å². The van der Waals surface area contributed by atoms with E-state index in [0.717, 1.165) is 19.8 Å². The third-order valence-electron chi connectivity index (χ3n) is 2.83. The highest BCUT2D eigenvalue weighted by atomic mass is 15.3. The second-order valence-corrected chi connectivity index (χ2v) is 4.93. The van der Waals surface area contributed by atoms with E-state index in [0.29, 0.717) is 0 Å². The van der Waals surface area contributed by atoms with Crippen LogP contribution in [-0.2, 0) is 6.54 Å². The largest absolute Gasteiger partial charge is 0.382 e. The van der Waals surface area contributed by atoms with Gasteiger partial charge in [-0.15, -0.1) is 0 Å². The van der Waals surface area contributed by atoms with Crippen LogP contribution in [0, 0.1) is 6.92 Å². The predicted octanol–water partition coefficient (Wildman–Crippen LogP) is 1.76. The van der Waals surface area contributed by atoms with Crippen molar-refractivity contribution in [2.45, 2.75) is 13.5 Å². The molecule has 0 aliphatic carbocycles. The third-order valence-corrected chi connectivity index (χ3v) is 2.83. The lowest BCUT2D eigenvalue weighted by Gasteiger charge is -2.13. The van der Waals surface area contributed by atoms with Gasteiger partial charge >= 0.3 is 0 Å². The molecular formula is C14H21N3. The van der Waals surface area contributed by atoms with Gasteiger partial charge in [0.25, 0.3) is 0 Å². The maximum Gasteiger partial charge on any atom is 0.0682 e. The zero-order chi connectivity index (χ0) is 12.3. The van der Waals surface area contributed by atoms with E-state index in [4.69, 9.17) is 0 Å². The molecule has 17 heavy (non-hydrogen) atoms. The van der Waals surface area contributed by atoms with Crippen LogP contribution in [0.4, 0.5) is 0 Å². The lowest BCUT2D eigenvalue weighted by molar-refractivity contribution is 0.329. The number of rotatable bonds is 3. The lowest BCUT2D eigenvalue weighted by atomic mass is 10.1. The van der Waals surface area contributed by atoms with Crippen LogP contribution in [0.15, 0.2) is 36.2 Å². The summed E-state index contributed by atoms with van der Waals surface area (Å²) in [5.41, 5.74) is 4.01. The molecule has 2 rings (SSSR count). The normalized spacial score (nSPS) is 18.4. The van der Waals surface area contributed by atoms with Crippen molar-refractivity contribution in [3.63, 3.8) is 0 Å². The molecule has 1 fully saturated rings. The Balaban J connectivity index is 1.94. The first-order chi connectivity index (χ1) is 8.13. The Morgan fingerprint density at radius 3 is 2.94 bits per heavy atom. The maximum absolute atomic E-state index is 3.42. The molecule has 0 spiro atoms. The van der Waals surface area contributed by atoms with Crippen molar-refractivity contribution >= 4 is 0 Å². The SMILES string of the molecule is Cc1cccc(CN2CN/C(=C\N(C)C)C2)c1. The van der Waals surface area contributed by atoms with Gasteiger partial charge in [-0.3, -0.25) is 4.90 Å². The zero-order valence-corrected chi connectivity index (χ0v) is 10.9. The minimum Gasteiger partial charge on any atom is -0.382 e. The maximum atomic E-state index is 3.42. The Kier molecular flexibility index (Phi) is 3.69. The Labute approximate surface area is 104 Å². The van der Waals surface area contributed by atoms with E-state index in [1.807, 2.05) is 0 Å². The fourth-order valence-electron chi connectivity index (χ4n) is 2.14. The van der Waals surface area contributed by atoms with Gasteiger partial charge in [0.05, 0.1) is 6.67 Å². The highest BCUT2D eigenvalue weighted by Crippen LogP contribution is 2.11. The molecule has 3 nitrogen and oxygen atoms in total. The average Bonchev–Trinajstić information content (AvgIpc) is 2.64. The number of benzene rings is 1. The van der Waals surface area contributed by atoms with Crippen molar-refractivity contribution in [1.82, 2.24) is 15.1 Å². The Morgan fingerprint density at radius 2 is 2.24 bits per heavy atom. The Bertz CT molecular complexity index is 410. The van der Waals surface area contributed by atoms with Gasteiger partial charge in [0.15, 0.2) is 0 Å². The Hall–Kier alpha value is -1.48. The van der Waals surface area contributed by atoms with Gasteiger partial charge in [0.1, 0.15) is 0 Å². The molecule has 0 unspecified atom stereocenters. The summed E-state index contributed by atoms with van der Waals surface area (Å²) in [7, 11) is 4.11. The molecule has 0 bridgehead atoms. The monoisotopic (exact) mass is 231 g/mol. The minimum absolute atomic E-state index is 0.938. The number of aryl methyl sites for hydroxylation is 1. The standard InChI is InChI=1S/C14H21N3/c1-12-5-4-6-13(7-12)8-17-10-14(15-11-17)9-16(2)3/h4-7,9,15H,8,10-11H2,1-3H3/b14-9-. The van der Waals surface area contributed by atoms with Gasteiger partial charge in [-0.05, 0) is 12.5 Å². The van der Waals surface area contributed by atoms with Crippen LogP contribution in [0.2, 0.25) is 0 Å². The summed E-state index contributed by atoms with van der Waals surface area (Å²) < 4.78 is 0. The lowest BCUT2D eigenvalue weighted by Crippen LogP contribution is -2.21. The highest BCUT2D eigenvalue weighted by molar-refractivity contribution is 5.22. The summed E-state index contributed by atoms with van der Waals surface area (Å²) in [6.07, 6.45) is 2.15. The number of nitrogens with one attached hydrogen (secondary N) is 1. The first-order valence-corrected chi connectivity index (χ1v) is 6.02. The van der Waals surface area contributed by atoms with Crippen molar-refractivity contribution < 1.29 is 0 Å². The van der Waals surface area contributed by atoms with Crippen LogP contribution in [0.3, 0.4) is 0 Å². The van der Waals surface area contributed by atoms with Crippen LogP contribution in [0.1, 0.15) is 11.1 Å². The van der Waals surface area contributed by atoms with Gasteiger partial charge in [0.2, 0.25) is 0 Å². The number of hydrogen-bond donors (Lipinski definition) is 1. The quantitative estimate of drug-likeness (QED) is 0.855. The van der Waals surface area contributed by atoms with E-state index in [-0.39, 0.29) is 0 Å². The van der Waals surface area contributed by atoms with E-state index in [1.54, 1.807) is 0 Å². The number of nitrogens with zero attached hydrogens (tertiary/aromatic N) is 2. The fourth-order valence-corrected chi connectivity index (χ4v) is 2.14. The molecule has 1 aromatic rings. The molecule has 3 heteroatoms. The van der Waals surface area contributed by atoms with E-state index in [2.05, 4.69) is 66.6 Å². The molecule has 0 aromatic heterocycles. The fraction of sp³-hybridized carbons (Fsp3) is 0.429. The van der Waals surface area contributed by atoms with Crippen LogP contribution in [0.5, 0.6) is 0 Å². The van der Waals surface area contributed by atoms with Crippen LogP contribution < -0.4 is 5.32 Å². The molecule has 1 aliphatic rings. The molecule has 0 amide bonds. The molecule has 92 valence electrons. The summed E-state index contributed by atoms with van der Waals surface area (Å²) in [5, 5.41) is 3.42. The van der Waals surface area contributed by atoms with Crippen LogP contribution >= 0.6 is 0 Å². The van der Waals surface area contributed by atoms with Crippen molar-refractivity contribution in [3.8, 4) is 0 Å². The second-order valence-electron chi connectivity index (χ2n) is 4.93. The van der Waals surface area contributed by atoms with Crippen LogP contribution in [-0.4, -0.2) is 37.1 Å². The summed E-state index contributed by atoms with van der Waals surface area (Å²) >= 11 is 0. The minimum atomic E-state index is 0.938. The molecule has 1 N–H and O–H groups in total. The van der Waals surface area contributed by atoms with Gasteiger partial charge in [-0.25, -0.2) is 0 Å². The molecule has 1 saturated heterocycles. The Morgan fingerprint density at radius 1 is 1.41 bits per heavy atom. The van der Waals surface area contributed by atoms with Crippen molar-refractivity contribution in [2.24, 2.45) is 0 Å². The summed E-state index contributed by atoms with van der Waals surface area (Å²) in [6, 6.07) is 8.72. The first-order valence-electron chi connectivity index (χ1n) is 6.02. The van der Waals surface area contributed by atoms with E-state index in [9.17, 15) is 0 Å². The highest BCUT2D eigenvalue weighted by Gasteiger charge is 2.15. The van der Waals surface area contributed by atoms with Gasteiger partial charge < -0.3 is 10.2 Å². The molecule has 1 aliphatic heterocycles. The van der Waals surface area contributed by atoms with E-state index in [1.165, 1.54) is 16.8 Å². The molecule has 0 radical (unpaired) electrons. The van der Waals surface area contributed by atoms with Gasteiger partial charge in [-0.1, -0.05) is 29.8 Å².